The summed E-state index contributed by atoms with van der Waals surface area (Å²) in [6.07, 6.45) is 6.40. The number of guanidine groups is 1. The first-order valence-corrected chi connectivity index (χ1v) is 11.8. The molecule has 0 bridgehead atoms. The number of nitrogens with zero attached hydrogens (tertiary/aromatic N) is 3. The molecule has 0 spiro atoms. The summed E-state index contributed by atoms with van der Waals surface area (Å²) in [6, 6.07) is 8.88. The molecule has 2 fully saturated rings. The Morgan fingerprint density at radius 2 is 1.80 bits per heavy atom. The standard InChI is InChI=1S/C24H41N5O/c1-4-13-28-16-11-20(12-17-28)18-26-24(25-2)27-19-23(29-14-5-6-15-29)21-7-9-22(30-3)10-8-21/h7-10,20,23H,4-6,11-19H2,1-3H3,(H2,25,26,27). The van der Waals surface area contributed by atoms with Crippen LogP contribution in [0.3, 0.4) is 0 Å². The summed E-state index contributed by atoms with van der Waals surface area (Å²) < 4.78 is 5.34. The second kappa shape index (κ2) is 12.2. The van der Waals surface area contributed by atoms with Gasteiger partial charge in [0.25, 0.3) is 0 Å². The molecule has 30 heavy (non-hydrogen) atoms. The highest BCUT2D eigenvalue weighted by atomic mass is 16.5. The molecule has 1 aromatic carbocycles. The minimum Gasteiger partial charge on any atom is -0.497 e. The van der Waals surface area contributed by atoms with Crippen molar-refractivity contribution in [3.63, 3.8) is 0 Å². The summed E-state index contributed by atoms with van der Waals surface area (Å²) in [5, 5.41) is 7.18. The van der Waals surface area contributed by atoms with Crippen molar-refractivity contribution in [2.75, 3.05) is 60.0 Å². The number of aliphatic imine (C=N–C) groups is 1. The lowest BCUT2D eigenvalue weighted by molar-refractivity contribution is 0.185. The number of nitrogens with one attached hydrogen (secondary N) is 2. The third-order valence-corrected chi connectivity index (χ3v) is 6.57. The molecule has 2 N–H and O–H groups in total. The Morgan fingerprint density at radius 1 is 1.10 bits per heavy atom. The van der Waals surface area contributed by atoms with Gasteiger partial charge in [0.1, 0.15) is 5.75 Å². The third kappa shape index (κ3) is 6.61. The number of methoxy groups -OCH3 is 1. The predicted octanol–water partition coefficient (Wildman–Crippen LogP) is 3.12. The van der Waals surface area contributed by atoms with E-state index in [1.165, 1.54) is 70.4 Å². The third-order valence-electron chi connectivity index (χ3n) is 6.57. The lowest BCUT2D eigenvalue weighted by Crippen LogP contribution is -2.45. The molecule has 6 heteroatoms. The monoisotopic (exact) mass is 415 g/mol. The first-order chi connectivity index (χ1) is 14.7. The Hall–Kier alpha value is -1.79. The van der Waals surface area contributed by atoms with E-state index in [9.17, 15) is 0 Å². The molecular formula is C24H41N5O. The van der Waals surface area contributed by atoms with Crippen LogP contribution in [-0.2, 0) is 0 Å². The van der Waals surface area contributed by atoms with Crippen LogP contribution >= 0.6 is 0 Å². The summed E-state index contributed by atoms with van der Waals surface area (Å²) in [5.41, 5.74) is 1.34. The van der Waals surface area contributed by atoms with Gasteiger partial charge in [-0.25, -0.2) is 0 Å². The Labute approximate surface area is 183 Å². The molecule has 2 aliphatic rings. The van der Waals surface area contributed by atoms with Crippen LogP contribution in [0.4, 0.5) is 0 Å². The zero-order valence-corrected chi connectivity index (χ0v) is 19.2. The number of rotatable bonds is 9. The minimum absolute atomic E-state index is 0.356. The molecule has 0 saturated carbocycles. The van der Waals surface area contributed by atoms with Crippen molar-refractivity contribution < 1.29 is 4.74 Å². The Balaban J connectivity index is 1.50. The second-order valence-corrected chi connectivity index (χ2v) is 8.65. The van der Waals surface area contributed by atoms with Crippen LogP contribution in [0.25, 0.3) is 0 Å². The molecule has 0 aromatic heterocycles. The number of hydrogen-bond donors (Lipinski definition) is 2. The number of piperidine rings is 1. The fraction of sp³-hybridized carbons (Fsp3) is 0.708. The van der Waals surface area contributed by atoms with E-state index in [0.717, 1.165) is 30.7 Å². The summed E-state index contributed by atoms with van der Waals surface area (Å²) in [5.74, 6) is 2.57. The van der Waals surface area contributed by atoms with Crippen molar-refractivity contribution in [2.45, 2.75) is 45.1 Å². The summed E-state index contributed by atoms with van der Waals surface area (Å²) in [7, 11) is 3.59. The Bertz CT molecular complexity index is 634. The van der Waals surface area contributed by atoms with Gasteiger partial charge < -0.3 is 20.3 Å². The van der Waals surface area contributed by atoms with E-state index in [-0.39, 0.29) is 0 Å². The van der Waals surface area contributed by atoms with Gasteiger partial charge in [0.15, 0.2) is 5.96 Å². The Kier molecular flexibility index (Phi) is 9.27. The molecule has 6 nitrogen and oxygen atoms in total. The maximum atomic E-state index is 5.34. The van der Waals surface area contributed by atoms with Crippen molar-refractivity contribution in [3.8, 4) is 5.75 Å². The summed E-state index contributed by atoms with van der Waals surface area (Å²) >= 11 is 0. The summed E-state index contributed by atoms with van der Waals surface area (Å²) in [6.45, 7) is 10.2. The first kappa shape index (κ1) is 22.9. The predicted molar refractivity (Wildman–Crippen MR) is 125 cm³/mol. The Morgan fingerprint density at radius 3 is 2.40 bits per heavy atom. The maximum absolute atomic E-state index is 5.34. The van der Waals surface area contributed by atoms with E-state index in [1.54, 1.807) is 7.11 Å². The van der Waals surface area contributed by atoms with Gasteiger partial charge in [0, 0.05) is 20.1 Å². The molecule has 0 aliphatic carbocycles. The zero-order chi connectivity index (χ0) is 21.2. The molecule has 1 unspecified atom stereocenters. The topological polar surface area (TPSA) is 52.1 Å². The molecule has 168 valence electrons. The van der Waals surface area contributed by atoms with Crippen molar-refractivity contribution in [1.82, 2.24) is 20.4 Å². The van der Waals surface area contributed by atoms with Crippen LogP contribution in [0, 0.1) is 5.92 Å². The average molecular weight is 416 g/mol. The fourth-order valence-electron chi connectivity index (χ4n) is 4.72. The zero-order valence-electron chi connectivity index (χ0n) is 19.2. The maximum Gasteiger partial charge on any atom is 0.191 e. The van der Waals surface area contributed by atoms with Gasteiger partial charge in [-0.1, -0.05) is 19.1 Å². The molecule has 2 saturated heterocycles. The molecule has 0 radical (unpaired) electrons. The van der Waals surface area contributed by atoms with Gasteiger partial charge >= 0.3 is 0 Å². The van der Waals surface area contributed by atoms with E-state index in [1.807, 2.05) is 7.05 Å². The van der Waals surface area contributed by atoms with E-state index in [4.69, 9.17) is 4.74 Å². The van der Waals surface area contributed by atoms with Crippen LogP contribution in [-0.4, -0.2) is 75.7 Å². The van der Waals surface area contributed by atoms with Gasteiger partial charge in [-0.05, 0) is 88.4 Å². The molecule has 2 heterocycles. The van der Waals surface area contributed by atoms with Crippen molar-refractivity contribution in [2.24, 2.45) is 10.9 Å². The number of ether oxygens (including phenoxy) is 1. The molecule has 3 rings (SSSR count). The second-order valence-electron chi connectivity index (χ2n) is 8.65. The lowest BCUT2D eigenvalue weighted by atomic mass is 9.97. The van der Waals surface area contributed by atoms with E-state index in [2.05, 4.69) is 56.6 Å². The number of benzene rings is 1. The number of hydrogen-bond acceptors (Lipinski definition) is 4. The molecule has 2 aliphatic heterocycles. The molecule has 1 atom stereocenters. The van der Waals surface area contributed by atoms with Crippen LogP contribution < -0.4 is 15.4 Å². The van der Waals surface area contributed by atoms with Crippen LogP contribution in [0.1, 0.15) is 50.6 Å². The van der Waals surface area contributed by atoms with Crippen molar-refractivity contribution >= 4 is 5.96 Å². The van der Waals surface area contributed by atoms with Gasteiger partial charge in [-0.15, -0.1) is 0 Å². The molecular weight excluding hydrogens is 374 g/mol. The van der Waals surface area contributed by atoms with Gasteiger partial charge in [-0.2, -0.15) is 0 Å². The SMILES string of the molecule is CCCN1CCC(CNC(=NC)NCC(c2ccc(OC)cc2)N2CCCC2)CC1. The van der Waals surface area contributed by atoms with Gasteiger partial charge in [0.2, 0.25) is 0 Å². The number of likely N-dealkylation sites (tertiary alicyclic amines) is 2. The van der Waals surface area contributed by atoms with E-state index in [0.29, 0.717) is 6.04 Å². The van der Waals surface area contributed by atoms with Crippen molar-refractivity contribution in [1.29, 1.82) is 0 Å². The molecule has 0 amide bonds. The average Bonchev–Trinajstić information content (AvgIpc) is 3.32. The normalized spacial score (nSPS) is 20.3. The highest BCUT2D eigenvalue weighted by Gasteiger charge is 2.24. The van der Waals surface area contributed by atoms with Gasteiger partial charge in [-0.3, -0.25) is 9.89 Å². The summed E-state index contributed by atoms with van der Waals surface area (Å²) in [4.78, 5) is 9.67. The molecule has 1 aromatic rings. The van der Waals surface area contributed by atoms with Gasteiger partial charge in [0.05, 0.1) is 13.2 Å². The fourth-order valence-corrected chi connectivity index (χ4v) is 4.72. The first-order valence-electron chi connectivity index (χ1n) is 11.8. The lowest BCUT2D eigenvalue weighted by Gasteiger charge is -2.32. The quantitative estimate of drug-likeness (QED) is 0.479. The van der Waals surface area contributed by atoms with Crippen LogP contribution in [0.5, 0.6) is 5.75 Å². The van der Waals surface area contributed by atoms with Crippen molar-refractivity contribution in [3.05, 3.63) is 29.8 Å². The highest BCUT2D eigenvalue weighted by molar-refractivity contribution is 5.79. The van der Waals surface area contributed by atoms with E-state index >= 15 is 0 Å². The largest absolute Gasteiger partial charge is 0.497 e. The van der Waals surface area contributed by atoms with Crippen LogP contribution in [0.2, 0.25) is 0 Å². The smallest absolute Gasteiger partial charge is 0.191 e. The van der Waals surface area contributed by atoms with Crippen LogP contribution in [0.15, 0.2) is 29.3 Å². The van der Waals surface area contributed by atoms with E-state index < -0.39 is 0 Å². The highest BCUT2D eigenvalue weighted by Crippen LogP contribution is 2.26. The minimum atomic E-state index is 0.356.